The molecule has 1 saturated carbocycles. The van der Waals surface area contributed by atoms with E-state index in [-0.39, 0.29) is 12.4 Å². The molecule has 0 amide bonds. The lowest BCUT2D eigenvalue weighted by Gasteiger charge is -2.40. The molecule has 0 radical (unpaired) electrons. The maximum absolute atomic E-state index is 4.52. The molecule has 1 aliphatic carbocycles. The number of aromatic nitrogens is 2. The first-order valence-electron chi connectivity index (χ1n) is 6.76. The Morgan fingerprint density at radius 1 is 1.44 bits per heavy atom. The van der Waals surface area contributed by atoms with Gasteiger partial charge < -0.3 is 9.88 Å². The Bertz CT molecular complexity index is 375. The van der Waals surface area contributed by atoms with E-state index in [9.17, 15) is 0 Å². The van der Waals surface area contributed by atoms with Gasteiger partial charge in [-0.1, -0.05) is 6.42 Å². The number of imidazole rings is 1. The van der Waals surface area contributed by atoms with Gasteiger partial charge in [0.05, 0.1) is 6.04 Å². The topological polar surface area (TPSA) is 33.1 Å². The molecule has 2 heterocycles. The monoisotopic (exact) mass is 270 g/mol. The molecule has 0 aromatic carbocycles. The van der Waals surface area contributed by atoms with Crippen molar-refractivity contribution in [2.75, 3.05) is 26.2 Å². The number of nitrogens with one attached hydrogen (secondary N) is 1. The number of aryl methyl sites for hydroxylation is 1. The van der Waals surface area contributed by atoms with Gasteiger partial charge in [0.2, 0.25) is 0 Å². The Morgan fingerprint density at radius 3 is 2.89 bits per heavy atom. The zero-order chi connectivity index (χ0) is 11.7. The molecule has 1 aromatic heterocycles. The van der Waals surface area contributed by atoms with Crippen molar-refractivity contribution in [1.82, 2.24) is 19.8 Å². The van der Waals surface area contributed by atoms with Gasteiger partial charge in [-0.15, -0.1) is 12.4 Å². The van der Waals surface area contributed by atoms with Crippen molar-refractivity contribution >= 4 is 12.4 Å². The van der Waals surface area contributed by atoms with Crippen molar-refractivity contribution in [3.63, 3.8) is 0 Å². The van der Waals surface area contributed by atoms with E-state index in [2.05, 4.69) is 26.8 Å². The smallest absolute Gasteiger partial charge is 0.127 e. The molecule has 18 heavy (non-hydrogen) atoms. The van der Waals surface area contributed by atoms with Crippen LogP contribution in [0.5, 0.6) is 0 Å². The van der Waals surface area contributed by atoms with Crippen LogP contribution in [0.3, 0.4) is 0 Å². The van der Waals surface area contributed by atoms with Crippen molar-refractivity contribution in [1.29, 1.82) is 0 Å². The van der Waals surface area contributed by atoms with Gasteiger partial charge >= 0.3 is 0 Å². The molecule has 3 rings (SSSR count). The maximum atomic E-state index is 4.52. The average Bonchev–Trinajstić information content (AvgIpc) is 2.70. The molecule has 4 nitrogen and oxygen atoms in total. The molecular formula is C13H23ClN4. The Balaban J connectivity index is 0.00000120. The molecule has 2 aliphatic rings. The van der Waals surface area contributed by atoms with Crippen LogP contribution in [0.25, 0.3) is 0 Å². The summed E-state index contributed by atoms with van der Waals surface area (Å²) < 4.78 is 2.16. The quantitative estimate of drug-likeness (QED) is 0.906. The van der Waals surface area contributed by atoms with Crippen LogP contribution in [0.2, 0.25) is 0 Å². The molecule has 0 spiro atoms. The molecule has 1 N–H and O–H groups in total. The van der Waals surface area contributed by atoms with Crippen LogP contribution in [0.15, 0.2) is 12.4 Å². The summed E-state index contributed by atoms with van der Waals surface area (Å²) in [4.78, 5) is 7.15. The summed E-state index contributed by atoms with van der Waals surface area (Å²) in [6, 6.07) is 0.462. The van der Waals surface area contributed by atoms with Crippen LogP contribution < -0.4 is 5.32 Å². The SMILES string of the molecule is Cl.Cn1ccnc1C1CNCCN1CC1CCC1. The molecule has 2 fully saturated rings. The fourth-order valence-corrected chi connectivity index (χ4v) is 2.92. The standard InChI is InChI=1S/C13H22N4.ClH/c1-16-7-6-15-13(16)12-9-14-5-8-17(12)10-11-3-2-4-11;/h6-7,11-12,14H,2-5,8-10H2,1H3;1H. The molecule has 0 bridgehead atoms. The predicted octanol–water partition coefficient (Wildman–Crippen LogP) is 1.59. The van der Waals surface area contributed by atoms with E-state index < -0.39 is 0 Å². The number of rotatable bonds is 3. The van der Waals surface area contributed by atoms with Crippen LogP contribution in [0.1, 0.15) is 31.1 Å². The highest BCUT2D eigenvalue weighted by Crippen LogP contribution is 2.30. The highest BCUT2D eigenvalue weighted by Gasteiger charge is 2.30. The van der Waals surface area contributed by atoms with Gasteiger partial charge in [0.15, 0.2) is 0 Å². The van der Waals surface area contributed by atoms with Crippen LogP contribution in [0.4, 0.5) is 0 Å². The molecule has 1 saturated heterocycles. The predicted molar refractivity (Wildman–Crippen MR) is 75.0 cm³/mol. The van der Waals surface area contributed by atoms with Gasteiger partial charge in [0, 0.05) is 45.6 Å². The summed E-state index contributed by atoms with van der Waals surface area (Å²) in [5.74, 6) is 2.15. The summed E-state index contributed by atoms with van der Waals surface area (Å²) in [7, 11) is 2.10. The van der Waals surface area contributed by atoms with Crippen molar-refractivity contribution in [2.24, 2.45) is 13.0 Å². The number of hydrogen-bond acceptors (Lipinski definition) is 3. The number of hydrogen-bond donors (Lipinski definition) is 1. The first-order valence-corrected chi connectivity index (χ1v) is 6.76. The molecule has 102 valence electrons. The second kappa shape index (κ2) is 6.04. The van der Waals surface area contributed by atoms with E-state index in [0.717, 1.165) is 25.6 Å². The number of piperazine rings is 1. The summed E-state index contributed by atoms with van der Waals surface area (Å²) >= 11 is 0. The summed E-state index contributed by atoms with van der Waals surface area (Å²) in [5.41, 5.74) is 0. The lowest BCUT2D eigenvalue weighted by atomic mass is 9.84. The minimum absolute atomic E-state index is 0. The maximum Gasteiger partial charge on any atom is 0.127 e. The number of nitrogens with zero attached hydrogens (tertiary/aromatic N) is 3. The Morgan fingerprint density at radius 2 is 2.28 bits per heavy atom. The van der Waals surface area contributed by atoms with Crippen molar-refractivity contribution in [2.45, 2.75) is 25.3 Å². The van der Waals surface area contributed by atoms with E-state index in [1.54, 1.807) is 0 Å². The summed E-state index contributed by atoms with van der Waals surface area (Å²) in [5, 5.41) is 3.49. The van der Waals surface area contributed by atoms with Crippen molar-refractivity contribution < 1.29 is 0 Å². The van der Waals surface area contributed by atoms with Gasteiger partial charge in [0.25, 0.3) is 0 Å². The first-order chi connectivity index (χ1) is 8.34. The van der Waals surface area contributed by atoms with Crippen LogP contribution >= 0.6 is 12.4 Å². The van der Waals surface area contributed by atoms with Crippen LogP contribution in [-0.4, -0.2) is 40.6 Å². The van der Waals surface area contributed by atoms with E-state index in [1.165, 1.54) is 31.6 Å². The van der Waals surface area contributed by atoms with Crippen LogP contribution in [-0.2, 0) is 7.05 Å². The van der Waals surface area contributed by atoms with Crippen LogP contribution in [0, 0.1) is 5.92 Å². The molecule has 1 unspecified atom stereocenters. The summed E-state index contributed by atoms with van der Waals surface area (Å²) in [6.45, 7) is 4.58. The van der Waals surface area contributed by atoms with E-state index in [0.29, 0.717) is 6.04 Å². The third kappa shape index (κ3) is 2.71. The molecular weight excluding hydrogens is 248 g/mol. The number of halogens is 1. The van der Waals surface area contributed by atoms with Gasteiger partial charge in [-0.25, -0.2) is 4.98 Å². The van der Waals surface area contributed by atoms with Gasteiger partial charge in [-0.3, -0.25) is 4.90 Å². The lowest BCUT2D eigenvalue weighted by molar-refractivity contribution is 0.104. The van der Waals surface area contributed by atoms with E-state index in [1.807, 2.05) is 12.4 Å². The Hall–Kier alpha value is -0.580. The molecule has 1 atom stereocenters. The minimum atomic E-state index is 0. The second-order valence-corrected chi connectivity index (χ2v) is 5.41. The van der Waals surface area contributed by atoms with E-state index in [4.69, 9.17) is 0 Å². The van der Waals surface area contributed by atoms with Gasteiger partial charge in [0.1, 0.15) is 5.82 Å². The third-order valence-corrected chi connectivity index (χ3v) is 4.23. The lowest BCUT2D eigenvalue weighted by Crippen LogP contribution is -2.49. The normalized spacial score (nSPS) is 25.5. The van der Waals surface area contributed by atoms with E-state index >= 15 is 0 Å². The zero-order valence-corrected chi connectivity index (χ0v) is 11.8. The first kappa shape index (κ1) is 13.8. The molecule has 5 heteroatoms. The third-order valence-electron chi connectivity index (χ3n) is 4.23. The zero-order valence-electron chi connectivity index (χ0n) is 11.0. The largest absolute Gasteiger partial charge is 0.337 e. The molecule has 1 aromatic rings. The minimum Gasteiger partial charge on any atom is -0.337 e. The van der Waals surface area contributed by atoms with Crippen molar-refractivity contribution in [3.05, 3.63) is 18.2 Å². The fraction of sp³-hybridized carbons (Fsp3) is 0.769. The highest BCUT2D eigenvalue weighted by atomic mass is 35.5. The second-order valence-electron chi connectivity index (χ2n) is 5.41. The Labute approximate surface area is 115 Å². The Kier molecular flexibility index (Phi) is 4.65. The molecule has 1 aliphatic heterocycles. The average molecular weight is 271 g/mol. The fourth-order valence-electron chi connectivity index (χ4n) is 2.92. The van der Waals surface area contributed by atoms with Gasteiger partial charge in [-0.05, 0) is 18.8 Å². The van der Waals surface area contributed by atoms with Gasteiger partial charge in [-0.2, -0.15) is 0 Å². The summed E-state index contributed by atoms with van der Waals surface area (Å²) in [6.07, 6.45) is 8.25. The van der Waals surface area contributed by atoms with Crippen molar-refractivity contribution in [3.8, 4) is 0 Å². The highest BCUT2D eigenvalue weighted by molar-refractivity contribution is 5.85.